The van der Waals surface area contributed by atoms with Crippen molar-refractivity contribution in [2.24, 2.45) is 28.6 Å². The van der Waals surface area contributed by atoms with E-state index in [4.69, 9.17) is 23.7 Å². The lowest BCUT2D eigenvalue weighted by molar-refractivity contribution is -0.354. The van der Waals surface area contributed by atoms with E-state index < -0.39 is 63.9 Å². The zero-order valence-electron chi connectivity index (χ0n) is 27.8. The second-order valence-corrected chi connectivity index (χ2v) is 15.0. The third kappa shape index (κ3) is 4.47. The lowest BCUT2D eigenvalue weighted by Crippen LogP contribution is -2.80. The first kappa shape index (κ1) is 32.2. The van der Waals surface area contributed by atoms with Crippen LogP contribution in [-0.2, 0) is 33.3 Å². The van der Waals surface area contributed by atoms with E-state index in [0.29, 0.717) is 29.7 Å². The van der Waals surface area contributed by atoms with Gasteiger partial charge in [0, 0.05) is 43.4 Å². The Labute approximate surface area is 266 Å². The maximum Gasteiger partial charge on any atom is 0.338 e. The number of esters is 2. The Balaban J connectivity index is 1.67. The van der Waals surface area contributed by atoms with Crippen molar-refractivity contribution in [3.63, 3.8) is 0 Å². The number of carbonyl (C=O) groups is 3. The molecule has 9 nitrogen and oxygen atoms in total. The number of hydrogen-bond donors (Lipinski definition) is 1. The van der Waals surface area contributed by atoms with E-state index in [-0.39, 0.29) is 37.1 Å². The van der Waals surface area contributed by atoms with Crippen LogP contribution < -0.4 is 0 Å². The van der Waals surface area contributed by atoms with Gasteiger partial charge < -0.3 is 28.8 Å². The summed E-state index contributed by atoms with van der Waals surface area (Å²) < 4.78 is 32.7. The number of hydrogen-bond acceptors (Lipinski definition) is 9. The summed E-state index contributed by atoms with van der Waals surface area (Å²) in [5.41, 5.74) is -4.11. The molecule has 2 saturated heterocycles. The van der Waals surface area contributed by atoms with Crippen molar-refractivity contribution < 1.29 is 43.2 Å². The largest absolute Gasteiger partial charge is 0.465 e. The van der Waals surface area contributed by atoms with Crippen LogP contribution >= 0.6 is 0 Å². The monoisotopic (exact) mass is 624 g/mol. The summed E-state index contributed by atoms with van der Waals surface area (Å²) in [7, 11) is 0. The van der Waals surface area contributed by atoms with Crippen LogP contribution in [0.5, 0.6) is 0 Å². The molecule has 45 heavy (non-hydrogen) atoms. The van der Waals surface area contributed by atoms with Crippen LogP contribution in [0.15, 0.2) is 41.7 Å². The molecule has 1 aromatic rings. The molecule has 4 fully saturated rings. The predicted octanol–water partition coefficient (Wildman–Crippen LogP) is 5.53. The van der Waals surface area contributed by atoms with Crippen LogP contribution in [0, 0.1) is 28.6 Å². The fourth-order valence-corrected chi connectivity index (χ4v) is 9.44. The minimum Gasteiger partial charge on any atom is -0.465 e. The van der Waals surface area contributed by atoms with Gasteiger partial charge in [-0.1, -0.05) is 66.2 Å². The normalized spacial score (nSPS) is 42.5. The first-order valence-corrected chi connectivity index (χ1v) is 16.5. The molecule has 2 aliphatic heterocycles. The number of ether oxygens (including phenoxy) is 5. The average Bonchev–Trinajstić information content (AvgIpc) is 3.29. The van der Waals surface area contributed by atoms with Gasteiger partial charge in [-0.2, -0.15) is 0 Å². The second-order valence-electron chi connectivity index (χ2n) is 15.0. The van der Waals surface area contributed by atoms with E-state index in [1.54, 1.807) is 24.3 Å². The summed E-state index contributed by atoms with van der Waals surface area (Å²) in [6.45, 7) is 15.5. The molecular weight excluding hydrogens is 576 g/mol. The van der Waals surface area contributed by atoms with Gasteiger partial charge >= 0.3 is 11.9 Å². The molecule has 2 heterocycles. The van der Waals surface area contributed by atoms with Crippen LogP contribution in [0.1, 0.15) is 97.9 Å². The molecule has 0 aromatic heterocycles. The Morgan fingerprint density at radius 2 is 1.76 bits per heavy atom. The van der Waals surface area contributed by atoms with Gasteiger partial charge in [0.15, 0.2) is 5.60 Å². The highest BCUT2D eigenvalue weighted by molar-refractivity contribution is 5.90. The third-order valence-electron chi connectivity index (χ3n) is 11.8. The molecule has 3 aliphatic carbocycles. The lowest BCUT2D eigenvalue weighted by Gasteiger charge is -2.68. The van der Waals surface area contributed by atoms with Crippen molar-refractivity contribution in [3.8, 4) is 0 Å². The van der Waals surface area contributed by atoms with Crippen molar-refractivity contribution in [2.45, 2.75) is 123 Å². The fraction of sp³-hybridized carbons (Fsp3) is 0.694. The molecule has 1 unspecified atom stereocenters. The van der Waals surface area contributed by atoms with Gasteiger partial charge in [0.2, 0.25) is 5.79 Å². The summed E-state index contributed by atoms with van der Waals surface area (Å²) in [6.07, 6.45) is -0.540. The van der Waals surface area contributed by atoms with E-state index in [1.807, 2.05) is 47.6 Å². The van der Waals surface area contributed by atoms with Crippen molar-refractivity contribution in [2.75, 3.05) is 6.61 Å². The zero-order valence-corrected chi connectivity index (χ0v) is 27.8. The predicted molar refractivity (Wildman–Crippen MR) is 164 cm³/mol. The van der Waals surface area contributed by atoms with Gasteiger partial charge in [-0.3, -0.25) is 9.59 Å². The summed E-state index contributed by atoms with van der Waals surface area (Å²) in [5.74, 6) is -3.09. The second kappa shape index (κ2) is 10.6. The summed E-state index contributed by atoms with van der Waals surface area (Å²) >= 11 is 0. The SMILES string of the molecule is CCCC(=O)O[C@@]12CO[C@@H]1C[C@H](CC)[C@@]1(C)[C@@H]3OC(C)(C)O/C3=C3\C(C)C(=O)C[C@@](O)([C@@H](OC(=O)c4ccccc4)[C@H]21)C3(C)C. The van der Waals surface area contributed by atoms with Crippen LogP contribution in [-0.4, -0.2) is 64.7 Å². The number of rotatable bonds is 6. The standard InChI is InChI=1S/C36H48O9/c1-9-14-25(38)43-35-19-41-24(35)17-22(10-2)34(8)28(35)30(42-31(39)21-15-12-11-13-16-21)36(40)18-23(37)20(3)26(32(36,4)5)27-29(34)45-33(6,7)44-27/h11-13,15-16,20,22,24,28-30,40H,9-10,14,17-19H2,1-8H3/b27-26+/t20?,22-,24+,28-,29+,30-,34+,35-,36+/m0/s1. The molecule has 9 heteroatoms. The number of ketones is 1. The fourth-order valence-electron chi connectivity index (χ4n) is 9.44. The summed E-state index contributed by atoms with van der Waals surface area (Å²) in [5, 5.41) is 13.2. The first-order valence-electron chi connectivity index (χ1n) is 16.5. The Kier molecular flexibility index (Phi) is 7.61. The van der Waals surface area contributed by atoms with Gasteiger partial charge in [-0.25, -0.2) is 4.79 Å². The van der Waals surface area contributed by atoms with Gasteiger partial charge in [-0.05, 0) is 36.5 Å². The van der Waals surface area contributed by atoms with Gasteiger partial charge in [-0.15, -0.1) is 0 Å². The number of carbonyl (C=O) groups excluding carboxylic acids is 3. The lowest BCUT2D eigenvalue weighted by atomic mass is 9.43. The maximum absolute atomic E-state index is 14.0. The van der Waals surface area contributed by atoms with Crippen molar-refractivity contribution >= 4 is 17.7 Å². The van der Waals surface area contributed by atoms with Crippen molar-refractivity contribution in [1.82, 2.24) is 0 Å². The van der Waals surface area contributed by atoms with Crippen molar-refractivity contribution in [1.29, 1.82) is 0 Å². The van der Waals surface area contributed by atoms with E-state index in [1.165, 1.54) is 0 Å². The minimum absolute atomic E-state index is 0.0571. The Hall–Kier alpha value is -2.75. The van der Waals surface area contributed by atoms with E-state index >= 15 is 0 Å². The van der Waals surface area contributed by atoms with E-state index in [2.05, 4.69) is 13.8 Å². The molecule has 1 aromatic carbocycles. The highest BCUT2D eigenvalue weighted by atomic mass is 16.7. The molecule has 2 saturated carbocycles. The van der Waals surface area contributed by atoms with Gasteiger partial charge in [0.05, 0.1) is 18.1 Å². The number of aliphatic hydroxyl groups is 1. The number of benzene rings is 1. The molecule has 0 amide bonds. The minimum atomic E-state index is -1.88. The Morgan fingerprint density at radius 3 is 2.36 bits per heavy atom. The van der Waals surface area contributed by atoms with Gasteiger partial charge in [0.1, 0.15) is 35.5 Å². The molecule has 0 radical (unpaired) electrons. The number of Topliss-reactive ketones (excluding diaryl/α,β-unsaturated/α-hetero) is 1. The molecule has 0 spiro atoms. The van der Waals surface area contributed by atoms with Crippen LogP contribution in [0.4, 0.5) is 0 Å². The van der Waals surface area contributed by atoms with Crippen molar-refractivity contribution in [3.05, 3.63) is 47.2 Å². The van der Waals surface area contributed by atoms with Crippen LogP contribution in [0.3, 0.4) is 0 Å². The third-order valence-corrected chi connectivity index (χ3v) is 11.8. The molecule has 5 aliphatic rings. The molecule has 246 valence electrons. The molecular formula is C36H48O9. The smallest absolute Gasteiger partial charge is 0.338 e. The molecule has 9 atom stereocenters. The Bertz CT molecular complexity index is 1410. The quantitative estimate of drug-likeness (QED) is 0.408. The summed E-state index contributed by atoms with van der Waals surface area (Å²) in [6, 6.07) is 8.63. The molecule has 2 bridgehead atoms. The van der Waals surface area contributed by atoms with Crippen LogP contribution in [0.2, 0.25) is 0 Å². The highest BCUT2D eigenvalue weighted by Crippen LogP contribution is 2.68. The number of fused-ring (bicyclic) bond motifs is 7. The summed E-state index contributed by atoms with van der Waals surface area (Å²) in [4.78, 5) is 41.4. The van der Waals surface area contributed by atoms with Crippen LogP contribution in [0.25, 0.3) is 0 Å². The zero-order chi connectivity index (χ0) is 32.7. The first-order chi connectivity index (χ1) is 21.1. The van der Waals surface area contributed by atoms with E-state index in [9.17, 15) is 19.5 Å². The average molecular weight is 625 g/mol. The van der Waals surface area contributed by atoms with E-state index in [0.717, 1.165) is 6.42 Å². The highest BCUT2D eigenvalue weighted by Gasteiger charge is 2.78. The molecule has 1 N–H and O–H groups in total. The Morgan fingerprint density at radius 1 is 1.07 bits per heavy atom. The van der Waals surface area contributed by atoms with Gasteiger partial charge in [0.25, 0.3) is 0 Å². The molecule has 6 rings (SSSR count). The topological polar surface area (TPSA) is 118 Å². The maximum atomic E-state index is 14.0.